The Kier molecular flexibility index (Phi) is 4.56. The summed E-state index contributed by atoms with van der Waals surface area (Å²) >= 11 is 4.65. The van der Waals surface area contributed by atoms with Crippen LogP contribution in [0.1, 0.15) is 4.88 Å². The highest BCUT2D eigenvalue weighted by molar-refractivity contribution is 9.10. The van der Waals surface area contributed by atoms with Gasteiger partial charge in [0, 0.05) is 22.1 Å². The van der Waals surface area contributed by atoms with E-state index in [0.717, 1.165) is 4.88 Å². The van der Waals surface area contributed by atoms with Crippen molar-refractivity contribution in [3.05, 3.63) is 39.3 Å². The molecule has 0 aliphatic rings. The number of methoxy groups -OCH3 is 1. The third-order valence-electron chi connectivity index (χ3n) is 2.34. The van der Waals surface area contributed by atoms with Crippen LogP contribution in [-0.4, -0.2) is 20.5 Å². The van der Waals surface area contributed by atoms with Crippen LogP contribution in [0.15, 0.2) is 39.3 Å². The summed E-state index contributed by atoms with van der Waals surface area (Å²) in [6, 6.07) is 4.83. The number of nitrogens with one attached hydrogen (secondary N) is 1. The second kappa shape index (κ2) is 6.00. The molecule has 0 spiro atoms. The van der Waals surface area contributed by atoms with E-state index < -0.39 is 10.0 Å². The summed E-state index contributed by atoms with van der Waals surface area (Å²) in [6.07, 6.45) is 1.63. The molecule has 1 aromatic carbocycles. The third-order valence-corrected chi connectivity index (χ3v) is 5.03. The van der Waals surface area contributed by atoms with Gasteiger partial charge in [0.15, 0.2) is 0 Å². The van der Waals surface area contributed by atoms with Gasteiger partial charge in [-0.25, -0.2) is 13.1 Å². The van der Waals surface area contributed by atoms with Crippen molar-refractivity contribution in [3.8, 4) is 5.75 Å². The Labute approximate surface area is 123 Å². The minimum Gasteiger partial charge on any atom is -0.495 e. The SMILES string of the molecule is COc1ccc(Br)cc1S(=O)(=O)NCc1cncs1. The maximum atomic E-state index is 12.2. The number of ether oxygens (including phenoxy) is 1. The first-order valence-corrected chi connectivity index (χ1v) is 8.39. The second-order valence-corrected chi connectivity index (χ2v) is 7.21. The molecule has 0 radical (unpaired) electrons. The molecule has 102 valence electrons. The third kappa shape index (κ3) is 3.53. The van der Waals surface area contributed by atoms with Crippen LogP contribution in [0.5, 0.6) is 5.75 Å². The Morgan fingerprint density at radius 1 is 1.47 bits per heavy atom. The Hall–Kier alpha value is -0.960. The fourth-order valence-corrected chi connectivity index (χ4v) is 3.77. The first kappa shape index (κ1) is 14.4. The van der Waals surface area contributed by atoms with Crippen molar-refractivity contribution in [2.24, 2.45) is 0 Å². The van der Waals surface area contributed by atoms with Crippen LogP contribution in [0.4, 0.5) is 0 Å². The zero-order chi connectivity index (χ0) is 13.9. The quantitative estimate of drug-likeness (QED) is 0.886. The fraction of sp³-hybridized carbons (Fsp3) is 0.182. The number of hydrogen-bond acceptors (Lipinski definition) is 5. The summed E-state index contributed by atoms with van der Waals surface area (Å²) in [5, 5.41) is 0. The van der Waals surface area contributed by atoms with E-state index in [1.807, 2.05) is 0 Å². The van der Waals surface area contributed by atoms with E-state index in [1.165, 1.54) is 24.5 Å². The molecule has 19 heavy (non-hydrogen) atoms. The number of nitrogens with zero attached hydrogens (tertiary/aromatic N) is 1. The van der Waals surface area contributed by atoms with Gasteiger partial charge in [-0.2, -0.15) is 0 Å². The van der Waals surface area contributed by atoms with Gasteiger partial charge in [-0.3, -0.25) is 4.98 Å². The Morgan fingerprint density at radius 2 is 2.26 bits per heavy atom. The van der Waals surface area contributed by atoms with E-state index in [2.05, 4.69) is 25.6 Å². The monoisotopic (exact) mass is 362 g/mol. The lowest BCUT2D eigenvalue weighted by Crippen LogP contribution is -2.23. The lowest BCUT2D eigenvalue weighted by Gasteiger charge is -2.10. The average Bonchev–Trinajstić information content (AvgIpc) is 2.89. The van der Waals surface area contributed by atoms with Gasteiger partial charge >= 0.3 is 0 Å². The average molecular weight is 363 g/mol. The van der Waals surface area contributed by atoms with Crippen molar-refractivity contribution in [1.29, 1.82) is 0 Å². The molecule has 1 heterocycles. The lowest BCUT2D eigenvalue weighted by molar-refractivity contribution is 0.402. The topological polar surface area (TPSA) is 68.3 Å². The first-order valence-electron chi connectivity index (χ1n) is 5.23. The van der Waals surface area contributed by atoms with Gasteiger partial charge in [-0.15, -0.1) is 11.3 Å². The van der Waals surface area contributed by atoms with E-state index in [9.17, 15) is 8.42 Å². The molecule has 0 aliphatic heterocycles. The van der Waals surface area contributed by atoms with Gasteiger partial charge in [0.2, 0.25) is 10.0 Å². The molecule has 2 aromatic rings. The predicted molar refractivity (Wildman–Crippen MR) is 76.8 cm³/mol. The number of benzene rings is 1. The van der Waals surface area contributed by atoms with Crippen LogP contribution in [0.3, 0.4) is 0 Å². The molecule has 0 saturated heterocycles. The van der Waals surface area contributed by atoms with Gasteiger partial charge in [0.1, 0.15) is 10.6 Å². The molecule has 1 aromatic heterocycles. The normalized spacial score (nSPS) is 11.5. The van der Waals surface area contributed by atoms with Crippen molar-refractivity contribution in [3.63, 3.8) is 0 Å². The number of aromatic nitrogens is 1. The summed E-state index contributed by atoms with van der Waals surface area (Å²) in [5.41, 5.74) is 1.66. The first-order chi connectivity index (χ1) is 9.03. The molecular formula is C11H11BrN2O3S2. The Bertz CT molecular complexity index is 657. The van der Waals surface area contributed by atoms with Crippen molar-refractivity contribution in [1.82, 2.24) is 9.71 Å². The highest BCUT2D eigenvalue weighted by Crippen LogP contribution is 2.27. The van der Waals surface area contributed by atoms with E-state index >= 15 is 0 Å². The van der Waals surface area contributed by atoms with Crippen LogP contribution >= 0.6 is 27.3 Å². The molecule has 0 bridgehead atoms. The Balaban J connectivity index is 2.26. The minimum atomic E-state index is -3.63. The maximum Gasteiger partial charge on any atom is 0.244 e. The molecule has 2 rings (SSSR count). The zero-order valence-electron chi connectivity index (χ0n) is 9.96. The van der Waals surface area contributed by atoms with Gasteiger partial charge in [0.25, 0.3) is 0 Å². The van der Waals surface area contributed by atoms with Crippen molar-refractivity contribution in [2.45, 2.75) is 11.4 Å². The number of rotatable bonds is 5. The largest absolute Gasteiger partial charge is 0.495 e. The standard InChI is InChI=1S/C11H11BrN2O3S2/c1-17-10-3-2-8(12)4-11(10)19(15,16)14-6-9-5-13-7-18-9/h2-5,7,14H,6H2,1H3. The van der Waals surface area contributed by atoms with E-state index in [0.29, 0.717) is 10.2 Å². The highest BCUT2D eigenvalue weighted by atomic mass is 79.9. The zero-order valence-corrected chi connectivity index (χ0v) is 13.2. The molecule has 0 aliphatic carbocycles. The minimum absolute atomic E-state index is 0.105. The van der Waals surface area contributed by atoms with Crippen LogP contribution in [-0.2, 0) is 16.6 Å². The summed E-state index contributed by atoms with van der Waals surface area (Å²) < 4.78 is 32.7. The molecule has 0 fully saturated rings. The molecule has 1 N–H and O–H groups in total. The predicted octanol–water partition coefficient (Wildman–Crippen LogP) is 2.39. The number of halogens is 1. The molecular weight excluding hydrogens is 352 g/mol. The molecule has 0 atom stereocenters. The molecule has 8 heteroatoms. The van der Waals surface area contributed by atoms with E-state index in [4.69, 9.17) is 4.74 Å². The van der Waals surface area contributed by atoms with E-state index in [-0.39, 0.29) is 11.4 Å². The highest BCUT2D eigenvalue weighted by Gasteiger charge is 2.19. The molecule has 0 unspecified atom stereocenters. The fourth-order valence-electron chi connectivity index (χ4n) is 1.43. The van der Waals surface area contributed by atoms with Crippen LogP contribution in [0.25, 0.3) is 0 Å². The van der Waals surface area contributed by atoms with E-state index in [1.54, 1.807) is 23.8 Å². The summed E-state index contributed by atoms with van der Waals surface area (Å²) in [5.74, 6) is 0.306. The number of thiazole rings is 1. The summed E-state index contributed by atoms with van der Waals surface area (Å²) in [4.78, 5) is 4.85. The maximum absolute atomic E-state index is 12.2. The summed E-state index contributed by atoms with van der Waals surface area (Å²) in [6.45, 7) is 0.211. The number of sulfonamides is 1. The van der Waals surface area contributed by atoms with Gasteiger partial charge in [0.05, 0.1) is 12.6 Å². The summed E-state index contributed by atoms with van der Waals surface area (Å²) in [7, 11) is -2.19. The van der Waals surface area contributed by atoms with Crippen LogP contribution < -0.4 is 9.46 Å². The molecule has 5 nitrogen and oxygen atoms in total. The van der Waals surface area contributed by atoms with Crippen molar-refractivity contribution >= 4 is 37.3 Å². The van der Waals surface area contributed by atoms with Crippen molar-refractivity contribution in [2.75, 3.05) is 7.11 Å². The lowest BCUT2D eigenvalue weighted by atomic mass is 10.3. The van der Waals surface area contributed by atoms with Crippen LogP contribution in [0, 0.1) is 0 Å². The van der Waals surface area contributed by atoms with Crippen LogP contribution in [0.2, 0.25) is 0 Å². The van der Waals surface area contributed by atoms with Gasteiger partial charge in [-0.05, 0) is 18.2 Å². The molecule has 0 saturated carbocycles. The van der Waals surface area contributed by atoms with Crippen molar-refractivity contribution < 1.29 is 13.2 Å². The Morgan fingerprint density at radius 3 is 2.89 bits per heavy atom. The smallest absolute Gasteiger partial charge is 0.244 e. The van der Waals surface area contributed by atoms with Gasteiger partial charge in [-0.1, -0.05) is 15.9 Å². The molecule has 0 amide bonds. The van der Waals surface area contributed by atoms with Gasteiger partial charge < -0.3 is 4.74 Å². The number of hydrogen-bond donors (Lipinski definition) is 1. The second-order valence-electron chi connectivity index (χ2n) is 3.59.